The second-order valence-electron chi connectivity index (χ2n) is 3.36. The van der Waals surface area contributed by atoms with Crippen molar-refractivity contribution in [2.45, 2.75) is 12.6 Å². The Balaban J connectivity index is 2.69. The molecule has 0 atom stereocenters. The van der Waals surface area contributed by atoms with Gasteiger partial charge in [-0.1, -0.05) is 33.6 Å². The lowest BCUT2D eigenvalue weighted by molar-refractivity contribution is -0.137. The molecule has 0 N–H and O–H groups in total. The summed E-state index contributed by atoms with van der Waals surface area (Å²) in [5, 5.41) is 0.434. The van der Waals surface area contributed by atoms with E-state index < -0.39 is 11.7 Å². The van der Waals surface area contributed by atoms with Gasteiger partial charge >= 0.3 is 6.18 Å². The van der Waals surface area contributed by atoms with Gasteiger partial charge in [0.25, 0.3) is 0 Å². The summed E-state index contributed by atoms with van der Waals surface area (Å²) in [6.45, 7) is 0.935. The number of benzene rings is 1. The first-order chi connectivity index (χ1) is 7.95. The summed E-state index contributed by atoms with van der Waals surface area (Å²) in [6.07, 6.45) is -3.98. The molecule has 0 heterocycles. The molecule has 0 aliphatic heterocycles. The van der Waals surface area contributed by atoms with E-state index >= 15 is 0 Å². The molecule has 1 aromatic rings. The number of ether oxygens (including phenoxy) is 1. The molecule has 17 heavy (non-hydrogen) atoms. The maximum Gasteiger partial charge on any atom is 0.417 e. The van der Waals surface area contributed by atoms with Crippen LogP contribution in [0.2, 0.25) is 5.02 Å². The summed E-state index contributed by atoms with van der Waals surface area (Å²) in [4.78, 5) is 0. The molecule has 96 valence electrons. The molecule has 0 aromatic heterocycles. The molecule has 0 fully saturated rings. The second-order valence-corrected chi connectivity index (χ2v) is 4.56. The van der Waals surface area contributed by atoms with E-state index in [0.717, 1.165) is 6.07 Å². The van der Waals surface area contributed by atoms with E-state index in [2.05, 4.69) is 15.9 Å². The summed E-state index contributed by atoms with van der Waals surface area (Å²) in [5.41, 5.74) is -0.228. The van der Waals surface area contributed by atoms with Crippen molar-refractivity contribution in [2.24, 2.45) is 0 Å². The van der Waals surface area contributed by atoms with E-state index in [0.29, 0.717) is 30.5 Å². The highest BCUT2D eigenvalue weighted by molar-refractivity contribution is 9.09. The molecule has 1 nitrogen and oxygen atoms in total. The Hall–Kier alpha value is -0.260. The molecule has 1 aromatic carbocycles. The molecule has 6 heteroatoms. The quantitative estimate of drug-likeness (QED) is 0.577. The van der Waals surface area contributed by atoms with Gasteiger partial charge in [0, 0.05) is 5.33 Å². The smallest absolute Gasteiger partial charge is 0.380 e. The minimum Gasteiger partial charge on any atom is -0.380 e. The van der Waals surface area contributed by atoms with Crippen molar-refractivity contribution < 1.29 is 17.9 Å². The maximum absolute atomic E-state index is 12.5. The number of hydrogen-bond acceptors (Lipinski definition) is 1. The van der Waals surface area contributed by atoms with Crippen LogP contribution in [0.4, 0.5) is 13.2 Å². The zero-order chi connectivity index (χ0) is 12.9. The molecule has 0 aliphatic carbocycles. The minimum absolute atomic E-state index is 0.275. The van der Waals surface area contributed by atoms with Gasteiger partial charge in [-0.15, -0.1) is 0 Å². The summed E-state index contributed by atoms with van der Waals surface area (Å²) >= 11 is 8.70. The van der Waals surface area contributed by atoms with Gasteiger partial charge in [0.15, 0.2) is 0 Å². The SMILES string of the molecule is FC(F)(F)c1cc(CCOCCBr)ccc1Cl. The van der Waals surface area contributed by atoms with Crippen LogP contribution in [0.3, 0.4) is 0 Å². The van der Waals surface area contributed by atoms with Crippen molar-refractivity contribution in [3.05, 3.63) is 34.3 Å². The Bertz CT molecular complexity index is 368. The molecule has 0 bridgehead atoms. The standard InChI is InChI=1S/C11H11BrClF3O/c12-4-6-17-5-3-8-1-2-10(13)9(7-8)11(14,15)16/h1-2,7H,3-6H2. The van der Waals surface area contributed by atoms with Crippen molar-refractivity contribution in [3.8, 4) is 0 Å². The Morgan fingerprint density at radius 1 is 1.24 bits per heavy atom. The zero-order valence-electron chi connectivity index (χ0n) is 8.86. The summed E-state index contributed by atoms with van der Waals surface area (Å²) < 4.78 is 42.8. The first-order valence-electron chi connectivity index (χ1n) is 4.94. The number of halogens is 5. The van der Waals surface area contributed by atoms with Gasteiger partial charge in [0.1, 0.15) is 0 Å². The van der Waals surface area contributed by atoms with E-state index in [4.69, 9.17) is 16.3 Å². The Kier molecular flexibility index (Phi) is 5.76. The van der Waals surface area contributed by atoms with E-state index in [1.165, 1.54) is 6.07 Å². The van der Waals surface area contributed by atoms with Crippen molar-refractivity contribution in [2.75, 3.05) is 18.5 Å². The third-order valence-electron chi connectivity index (χ3n) is 2.09. The van der Waals surface area contributed by atoms with Gasteiger partial charge in [-0.3, -0.25) is 0 Å². The van der Waals surface area contributed by atoms with Crippen molar-refractivity contribution in [3.63, 3.8) is 0 Å². The van der Waals surface area contributed by atoms with Gasteiger partial charge in [0.2, 0.25) is 0 Å². The average molecular weight is 332 g/mol. The van der Waals surface area contributed by atoms with E-state index in [-0.39, 0.29) is 5.02 Å². The fraction of sp³-hybridized carbons (Fsp3) is 0.455. The van der Waals surface area contributed by atoms with E-state index in [9.17, 15) is 13.2 Å². The van der Waals surface area contributed by atoms with Crippen LogP contribution >= 0.6 is 27.5 Å². The largest absolute Gasteiger partial charge is 0.417 e. The highest BCUT2D eigenvalue weighted by atomic mass is 79.9. The lowest BCUT2D eigenvalue weighted by Gasteiger charge is -2.11. The summed E-state index contributed by atoms with van der Waals surface area (Å²) in [6, 6.07) is 3.92. The highest BCUT2D eigenvalue weighted by Gasteiger charge is 2.33. The van der Waals surface area contributed by atoms with E-state index in [1.54, 1.807) is 6.07 Å². The molecule has 0 saturated heterocycles. The van der Waals surface area contributed by atoms with Crippen LogP contribution in [-0.2, 0) is 17.3 Å². The van der Waals surface area contributed by atoms with Crippen LogP contribution in [0.15, 0.2) is 18.2 Å². The monoisotopic (exact) mass is 330 g/mol. The third-order valence-corrected chi connectivity index (χ3v) is 2.75. The van der Waals surface area contributed by atoms with Crippen LogP contribution in [0.25, 0.3) is 0 Å². The normalized spacial score (nSPS) is 11.8. The van der Waals surface area contributed by atoms with Crippen molar-refractivity contribution in [1.29, 1.82) is 0 Å². The summed E-state index contributed by atoms with van der Waals surface area (Å²) in [7, 11) is 0. The maximum atomic E-state index is 12.5. The lowest BCUT2D eigenvalue weighted by atomic mass is 10.1. The summed E-state index contributed by atoms with van der Waals surface area (Å²) in [5.74, 6) is 0. The predicted octanol–water partition coefficient (Wildman–Crippen LogP) is 4.31. The first kappa shape index (κ1) is 14.8. The minimum atomic E-state index is -4.41. The highest BCUT2D eigenvalue weighted by Crippen LogP contribution is 2.35. The van der Waals surface area contributed by atoms with Gasteiger partial charge < -0.3 is 4.74 Å². The average Bonchev–Trinajstić information content (AvgIpc) is 2.25. The molecule has 0 amide bonds. The van der Waals surface area contributed by atoms with Gasteiger partial charge in [-0.05, 0) is 24.1 Å². The number of hydrogen-bond donors (Lipinski definition) is 0. The molecule has 1 rings (SSSR count). The molecule has 0 aliphatic rings. The number of alkyl halides is 4. The molecule has 0 spiro atoms. The zero-order valence-corrected chi connectivity index (χ0v) is 11.2. The van der Waals surface area contributed by atoms with Crippen molar-refractivity contribution in [1.82, 2.24) is 0 Å². The van der Waals surface area contributed by atoms with Crippen molar-refractivity contribution >= 4 is 27.5 Å². The van der Waals surface area contributed by atoms with Gasteiger partial charge in [0.05, 0.1) is 23.8 Å². The van der Waals surface area contributed by atoms with Crippen LogP contribution in [0.5, 0.6) is 0 Å². The Morgan fingerprint density at radius 2 is 1.94 bits per heavy atom. The van der Waals surface area contributed by atoms with Crippen LogP contribution < -0.4 is 0 Å². The topological polar surface area (TPSA) is 9.23 Å². The molecule has 0 saturated carbocycles. The third kappa shape index (κ3) is 4.85. The Morgan fingerprint density at radius 3 is 2.53 bits per heavy atom. The van der Waals surface area contributed by atoms with E-state index in [1.807, 2.05) is 0 Å². The fourth-order valence-corrected chi connectivity index (χ4v) is 1.75. The molecule has 0 radical (unpaired) electrons. The Labute approximate surface area is 111 Å². The molecular weight excluding hydrogens is 320 g/mol. The van der Waals surface area contributed by atoms with Crippen LogP contribution in [0.1, 0.15) is 11.1 Å². The predicted molar refractivity (Wildman–Crippen MR) is 64.8 cm³/mol. The van der Waals surface area contributed by atoms with Gasteiger partial charge in [-0.25, -0.2) is 0 Å². The molecule has 0 unspecified atom stereocenters. The van der Waals surface area contributed by atoms with Gasteiger partial charge in [-0.2, -0.15) is 13.2 Å². The fourth-order valence-electron chi connectivity index (χ4n) is 1.29. The van der Waals surface area contributed by atoms with Crippen LogP contribution in [-0.4, -0.2) is 18.5 Å². The second kappa shape index (κ2) is 6.61. The number of rotatable bonds is 5. The molecular formula is C11H11BrClF3O. The first-order valence-corrected chi connectivity index (χ1v) is 6.44. The van der Waals surface area contributed by atoms with Crippen LogP contribution in [0, 0.1) is 0 Å². The lowest BCUT2D eigenvalue weighted by Crippen LogP contribution is -2.07.